The number of nitrogens with one attached hydrogen (secondary N) is 3. The highest BCUT2D eigenvalue weighted by atomic mass is 16.5. The Kier molecular flexibility index (Phi) is 8.40. The third-order valence-corrected chi connectivity index (χ3v) is 1.51. The fourth-order valence-electron chi connectivity index (χ4n) is 0.826. The highest BCUT2D eigenvalue weighted by Crippen LogP contribution is 1.67. The Hall–Kier alpha value is -1.34. The quantitative estimate of drug-likeness (QED) is 0.354. The number of urea groups is 1. The fourth-order valence-corrected chi connectivity index (χ4v) is 0.826. The van der Waals surface area contributed by atoms with Crippen LogP contribution in [0.25, 0.3) is 0 Å². The normalized spacial score (nSPS) is 9.67. The van der Waals surface area contributed by atoms with Crippen LogP contribution in [-0.2, 0) is 9.53 Å². The van der Waals surface area contributed by atoms with Gasteiger partial charge in [0.05, 0.1) is 13.2 Å². The lowest BCUT2D eigenvalue weighted by Gasteiger charge is -2.06. The second-order valence-electron chi connectivity index (χ2n) is 2.81. The summed E-state index contributed by atoms with van der Waals surface area (Å²) in [6, 6.07) is -0.595. The highest BCUT2D eigenvalue weighted by molar-refractivity contribution is 5.78. The van der Waals surface area contributed by atoms with Gasteiger partial charge in [-0.3, -0.25) is 4.79 Å². The number of hydrogen-bond donors (Lipinski definition) is 4. The number of carbonyl (C=O) groups is 2. The minimum atomic E-state index is -0.595. The molecule has 7 heteroatoms. The molecule has 0 aromatic carbocycles. The van der Waals surface area contributed by atoms with Crippen LogP contribution in [0.4, 0.5) is 4.79 Å². The molecule has 3 amide bonds. The Morgan fingerprint density at radius 2 is 1.87 bits per heavy atom. The van der Waals surface area contributed by atoms with Gasteiger partial charge in [-0.05, 0) is 0 Å². The first-order chi connectivity index (χ1) is 7.16. The summed E-state index contributed by atoms with van der Waals surface area (Å²) in [6.45, 7) is 2.13. The Morgan fingerprint density at radius 1 is 1.20 bits per heavy atom. The van der Waals surface area contributed by atoms with Crippen molar-refractivity contribution in [3.05, 3.63) is 0 Å². The van der Waals surface area contributed by atoms with Gasteiger partial charge in [0.1, 0.15) is 0 Å². The number of amides is 3. The second-order valence-corrected chi connectivity index (χ2v) is 2.81. The van der Waals surface area contributed by atoms with E-state index >= 15 is 0 Å². The smallest absolute Gasteiger partial charge is 0.312 e. The van der Waals surface area contributed by atoms with Crippen LogP contribution >= 0.6 is 0 Å². The molecule has 0 spiro atoms. The molecule has 0 fully saturated rings. The van der Waals surface area contributed by atoms with E-state index in [0.717, 1.165) is 0 Å². The van der Waals surface area contributed by atoms with Crippen molar-refractivity contribution in [1.29, 1.82) is 0 Å². The van der Waals surface area contributed by atoms with E-state index in [2.05, 4.69) is 16.0 Å². The molecule has 0 aliphatic carbocycles. The number of carbonyl (C=O) groups excluding carboxylic acids is 2. The highest BCUT2D eigenvalue weighted by Gasteiger charge is 1.99. The molecular formula is C8H18N4O3. The van der Waals surface area contributed by atoms with Gasteiger partial charge >= 0.3 is 6.03 Å². The van der Waals surface area contributed by atoms with E-state index in [1.807, 2.05) is 0 Å². The molecule has 0 aliphatic rings. The number of hydrogen-bond acceptors (Lipinski definition) is 4. The van der Waals surface area contributed by atoms with E-state index in [0.29, 0.717) is 26.2 Å². The molecule has 0 unspecified atom stereocenters. The van der Waals surface area contributed by atoms with Crippen LogP contribution in [0.5, 0.6) is 0 Å². The van der Waals surface area contributed by atoms with Gasteiger partial charge in [0.25, 0.3) is 0 Å². The third-order valence-electron chi connectivity index (χ3n) is 1.51. The predicted molar refractivity (Wildman–Crippen MR) is 55.3 cm³/mol. The molecule has 15 heavy (non-hydrogen) atoms. The molecule has 0 aromatic rings. The van der Waals surface area contributed by atoms with E-state index < -0.39 is 6.03 Å². The first-order valence-electron chi connectivity index (χ1n) is 4.66. The summed E-state index contributed by atoms with van der Waals surface area (Å²) in [5.74, 6) is -0.127. The van der Waals surface area contributed by atoms with Crippen molar-refractivity contribution >= 4 is 11.9 Å². The lowest BCUT2D eigenvalue weighted by atomic mass is 10.5. The van der Waals surface area contributed by atoms with Gasteiger partial charge in [-0.25, -0.2) is 4.79 Å². The van der Waals surface area contributed by atoms with Crippen molar-refractivity contribution in [1.82, 2.24) is 16.0 Å². The summed E-state index contributed by atoms with van der Waals surface area (Å²) in [6.07, 6.45) is 0. The molecule has 0 saturated heterocycles. The lowest BCUT2D eigenvalue weighted by Crippen LogP contribution is -2.40. The SMILES string of the molecule is COCCNCC(=O)NCCNC(N)=O. The molecule has 0 atom stereocenters. The van der Waals surface area contributed by atoms with E-state index in [9.17, 15) is 9.59 Å². The zero-order valence-electron chi connectivity index (χ0n) is 8.84. The Balaban J connectivity index is 3.22. The maximum atomic E-state index is 11.1. The van der Waals surface area contributed by atoms with Gasteiger partial charge in [-0.15, -0.1) is 0 Å². The topological polar surface area (TPSA) is 105 Å². The van der Waals surface area contributed by atoms with Crippen LogP contribution in [0.2, 0.25) is 0 Å². The minimum absolute atomic E-state index is 0.127. The first kappa shape index (κ1) is 13.7. The van der Waals surface area contributed by atoms with Gasteiger partial charge in [-0.2, -0.15) is 0 Å². The van der Waals surface area contributed by atoms with E-state index in [1.54, 1.807) is 7.11 Å². The summed E-state index contributed by atoms with van der Waals surface area (Å²) in [4.78, 5) is 21.4. The van der Waals surface area contributed by atoms with Crippen LogP contribution in [-0.4, -0.2) is 51.8 Å². The molecule has 0 radical (unpaired) electrons. The van der Waals surface area contributed by atoms with E-state index in [-0.39, 0.29) is 12.5 Å². The van der Waals surface area contributed by atoms with Crippen molar-refractivity contribution < 1.29 is 14.3 Å². The standard InChI is InChI=1S/C8H18N4O3/c1-15-5-4-10-6-7(13)11-2-3-12-8(9)14/h10H,2-6H2,1H3,(H,11,13)(H3,9,12,14). The van der Waals surface area contributed by atoms with Crippen molar-refractivity contribution in [3.63, 3.8) is 0 Å². The number of primary amides is 1. The molecule has 0 saturated carbocycles. The Morgan fingerprint density at radius 3 is 2.47 bits per heavy atom. The molecule has 0 heterocycles. The summed E-state index contributed by atoms with van der Waals surface area (Å²) >= 11 is 0. The summed E-state index contributed by atoms with van der Waals surface area (Å²) in [7, 11) is 1.59. The van der Waals surface area contributed by atoms with Crippen LogP contribution in [0.1, 0.15) is 0 Å². The van der Waals surface area contributed by atoms with E-state index in [4.69, 9.17) is 10.5 Å². The van der Waals surface area contributed by atoms with Crippen molar-refractivity contribution in [2.24, 2.45) is 5.73 Å². The fraction of sp³-hybridized carbons (Fsp3) is 0.750. The molecule has 5 N–H and O–H groups in total. The van der Waals surface area contributed by atoms with Gasteiger partial charge in [-0.1, -0.05) is 0 Å². The van der Waals surface area contributed by atoms with Gasteiger partial charge < -0.3 is 26.4 Å². The first-order valence-corrected chi connectivity index (χ1v) is 4.66. The second kappa shape index (κ2) is 9.22. The van der Waals surface area contributed by atoms with Crippen molar-refractivity contribution in [2.75, 3.05) is 39.9 Å². The van der Waals surface area contributed by atoms with E-state index in [1.165, 1.54) is 0 Å². The predicted octanol–water partition coefficient (Wildman–Crippen LogP) is -1.99. The zero-order chi connectivity index (χ0) is 11.5. The molecule has 0 aliphatic heterocycles. The summed E-state index contributed by atoms with van der Waals surface area (Å²) < 4.78 is 4.79. The Labute approximate surface area is 88.7 Å². The monoisotopic (exact) mass is 218 g/mol. The van der Waals surface area contributed by atoms with Gasteiger partial charge in [0, 0.05) is 26.7 Å². The Bertz CT molecular complexity index is 198. The number of nitrogens with two attached hydrogens (primary N) is 1. The lowest BCUT2D eigenvalue weighted by molar-refractivity contribution is -0.120. The average molecular weight is 218 g/mol. The molecular weight excluding hydrogens is 200 g/mol. The summed E-state index contributed by atoms with van der Waals surface area (Å²) in [5.41, 5.74) is 4.83. The number of ether oxygens (including phenoxy) is 1. The van der Waals surface area contributed by atoms with Crippen LogP contribution < -0.4 is 21.7 Å². The molecule has 0 bridgehead atoms. The largest absolute Gasteiger partial charge is 0.383 e. The third kappa shape index (κ3) is 10.6. The summed E-state index contributed by atoms with van der Waals surface area (Å²) in [5, 5.41) is 7.85. The zero-order valence-corrected chi connectivity index (χ0v) is 8.84. The molecule has 0 aromatic heterocycles. The van der Waals surface area contributed by atoms with Crippen molar-refractivity contribution in [3.8, 4) is 0 Å². The maximum Gasteiger partial charge on any atom is 0.312 e. The minimum Gasteiger partial charge on any atom is -0.383 e. The van der Waals surface area contributed by atoms with Gasteiger partial charge in [0.15, 0.2) is 0 Å². The number of rotatable bonds is 8. The average Bonchev–Trinajstić information content (AvgIpc) is 2.19. The van der Waals surface area contributed by atoms with Crippen LogP contribution in [0.15, 0.2) is 0 Å². The van der Waals surface area contributed by atoms with Crippen LogP contribution in [0.3, 0.4) is 0 Å². The maximum absolute atomic E-state index is 11.1. The van der Waals surface area contributed by atoms with Crippen molar-refractivity contribution in [2.45, 2.75) is 0 Å². The van der Waals surface area contributed by atoms with Gasteiger partial charge in [0.2, 0.25) is 5.91 Å². The number of methoxy groups -OCH3 is 1. The van der Waals surface area contributed by atoms with Crippen LogP contribution in [0, 0.1) is 0 Å². The molecule has 7 nitrogen and oxygen atoms in total. The molecule has 0 rings (SSSR count). The molecule has 88 valence electrons.